The van der Waals surface area contributed by atoms with Gasteiger partial charge in [0.1, 0.15) is 23.2 Å². The number of carbonyl (C=O) groups excluding carboxylic acids is 2. The van der Waals surface area contributed by atoms with Gasteiger partial charge in [0, 0.05) is 31.9 Å². The van der Waals surface area contributed by atoms with Gasteiger partial charge in [-0.25, -0.2) is 0 Å². The van der Waals surface area contributed by atoms with Gasteiger partial charge >= 0.3 is 5.97 Å². The van der Waals surface area contributed by atoms with Crippen molar-refractivity contribution in [2.45, 2.75) is 6.61 Å². The molecule has 0 saturated carbocycles. The van der Waals surface area contributed by atoms with Gasteiger partial charge in [-0.15, -0.1) is 0 Å². The van der Waals surface area contributed by atoms with E-state index < -0.39 is 18.4 Å². The second kappa shape index (κ2) is 12.4. The first-order valence-corrected chi connectivity index (χ1v) is 14.0. The minimum Gasteiger partial charge on any atom is -0.488 e. The fourth-order valence-electron chi connectivity index (χ4n) is 4.57. The smallest absolute Gasteiger partial charge is 0.323 e. The number of aliphatic carboxylic acids is 1. The number of ether oxygens (including phenoxy) is 1. The Labute approximate surface area is 241 Å². The van der Waals surface area contributed by atoms with Gasteiger partial charge in [0.2, 0.25) is 0 Å². The van der Waals surface area contributed by atoms with Gasteiger partial charge < -0.3 is 19.6 Å². The summed E-state index contributed by atoms with van der Waals surface area (Å²) in [5, 5.41) is 9.11. The SMILES string of the molecule is O=C(O)CN1C(=O)/C(=C/c2ccc(OCc3ccccc3)c(C(=O)N3CCN(c4ccccc4)CC3)c2)SC1=S. The van der Waals surface area contributed by atoms with E-state index in [0.29, 0.717) is 54.6 Å². The van der Waals surface area contributed by atoms with Crippen molar-refractivity contribution in [1.82, 2.24) is 9.80 Å². The Balaban J connectivity index is 1.38. The normalized spacial score (nSPS) is 16.5. The summed E-state index contributed by atoms with van der Waals surface area (Å²) in [6.07, 6.45) is 1.63. The Kier molecular flexibility index (Phi) is 8.47. The van der Waals surface area contributed by atoms with E-state index in [4.69, 9.17) is 22.1 Å². The van der Waals surface area contributed by atoms with Gasteiger partial charge in [0.05, 0.1) is 10.5 Å². The highest BCUT2D eigenvalue weighted by Crippen LogP contribution is 2.33. The van der Waals surface area contributed by atoms with Crippen LogP contribution < -0.4 is 9.64 Å². The molecule has 3 aromatic carbocycles. The molecule has 2 saturated heterocycles. The third-order valence-electron chi connectivity index (χ3n) is 6.62. The number of carbonyl (C=O) groups is 3. The van der Waals surface area contributed by atoms with Crippen LogP contribution in [0.25, 0.3) is 6.08 Å². The molecule has 0 spiro atoms. The molecule has 8 nitrogen and oxygen atoms in total. The molecule has 1 N–H and O–H groups in total. The van der Waals surface area contributed by atoms with Crippen molar-refractivity contribution in [2.75, 3.05) is 37.6 Å². The van der Waals surface area contributed by atoms with Gasteiger partial charge in [-0.05, 0) is 41.5 Å². The van der Waals surface area contributed by atoms with Crippen LogP contribution in [0.15, 0.2) is 83.8 Å². The lowest BCUT2D eigenvalue weighted by Crippen LogP contribution is -2.48. The number of carboxylic acid groups (broad SMARTS) is 1. The van der Waals surface area contributed by atoms with Crippen LogP contribution in [-0.2, 0) is 16.2 Å². The predicted molar refractivity (Wildman–Crippen MR) is 159 cm³/mol. The molecule has 2 heterocycles. The molecule has 40 heavy (non-hydrogen) atoms. The van der Waals surface area contributed by atoms with Crippen molar-refractivity contribution in [2.24, 2.45) is 0 Å². The summed E-state index contributed by atoms with van der Waals surface area (Å²) in [5.41, 5.74) is 3.13. The minimum atomic E-state index is -1.14. The molecule has 0 bridgehead atoms. The van der Waals surface area contributed by atoms with Gasteiger partial charge in [0.25, 0.3) is 11.8 Å². The van der Waals surface area contributed by atoms with E-state index in [9.17, 15) is 14.4 Å². The number of amides is 2. The van der Waals surface area contributed by atoms with Crippen molar-refractivity contribution in [3.8, 4) is 5.75 Å². The summed E-state index contributed by atoms with van der Waals surface area (Å²) in [5.74, 6) is -1.30. The lowest BCUT2D eigenvalue weighted by molar-refractivity contribution is -0.140. The second-order valence-corrected chi connectivity index (χ2v) is 11.0. The zero-order valence-corrected chi connectivity index (χ0v) is 23.2. The lowest BCUT2D eigenvalue weighted by atomic mass is 10.1. The van der Waals surface area contributed by atoms with E-state index in [1.54, 1.807) is 24.3 Å². The topological polar surface area (TPSA) is 90.4 Å². The van der Waals surface area contributed by atoms with E-state index >= 15 is 0 Å². The summed E-state index contributed by atoms with van der Waals surface area (Å²) in [4.78, 5) is 43.2. The zero-order chi connectivity index (χ0) is 28.1. The molecular weight excluding hydrogens is 546 g/mol. The first-order chi connectivity index (χ1) is 19.4. The highest BCUT2D eigenvalue weighted by molar-refractivity contribution is 8.26. The fraction of sp³-hybridized carbons (Fsp3) is 0.200. The molecule has 204 valence electrons. The molecule has 3 aromatic rings. The molecule has 0 radical (unpaired) electrons. The number of anilines is 1. The van der Waals surface area contributed by atoms with E-state index in [2.05, 4.69) is 17.0 Å². The Hall–Kier alpha value is -4.15. The molecule has 2 amide bonds. The monoisotopic (exact) mass is 573 g/mol. The number of thioether (sulfide) groups is 1. The number of piperazine rings is 1. The van der Waals surface area contributed by atoms with Crippen molar-refractivity contribution >= 4 is 57.8 Å². The Morgan fingerprint density at radius 2 is 1.62 bits per heavy atom. The van der Waals surface area contributed by atoms with Crippen LogP contribution in [0.3, 0.4) is 0 Å². The molecule has 5 rings (SSSR count). The number of hydrogen-bond donors (Lipinski definition) is 1. The molecule has 10 heteroatoms. The van der Waals surface area contributed by atoms with Crippen molar-refractivity contribution < 1.29 is 24.2 Å². The summed E-state index contributed by atoms with van der Waals surface area (Å²) in [6.45, 7) is 2.35. The highest BCUT2D eigenvalue weighted by Gasteiger charge is 2.33. The third-order valence-corrected chi connectivity index (χ3v) is 8.00. The molecule has 2 aliphatic heterocycles. The quantitative estimate of drug-likeness (QED) is 0.311. The van der Waals surface area contributed by atoms with E-state index in [1.165, 1.54) is 0 Å². The van der Waals surface area contributed by atoms with Crippen LogP contribution in [-0.4, -0.2) is 69.7 Å². The number of hydrogen-bond acceptors (Lipinski definition) is 7. The van der Waals surface area contributed by atoms with Gasteiger partial charge in [-0.2, -0.15) is 0 Å². The molecular formula is C30H27N3O5S2. The van der Waals surface area contributed by atoms with Crippen LogP contribution >= 0.6 is 24.0 Å². The average Bonchev–Trinajstić information content (AvgIpc) is 3.24. The zero-order valence-electron chi connectivity index (χ0n) is 21.6. The van der Waals surface area contributed by atoms with Gasteiger partial charge in [0.15, 0.2) is 0 Å². The number of para-hydroxylation sites is 1. The van der Waals surface area contributed by atoms with Crippen LogP contribution in [0, 0.1) is 0 Å². The van der Waals surface area contributed by atoms with E-state index in [-0.39, 0.29) is 10.2 Å². The van der Waals surface area contributed by atoms with Crippen molar-refractivity contribution in [3.63, 3.8) is 0 Å². The average molecular weight is 574 g/mol. The molecule has 2 fully saturated rings. The van der Waals surface area contributed by atoms with Crippen LogP contribution in [0.4, 0.5) is 5.69 Å². The number of rotatable bonds is 8. The first-order valence-electron chi connectivity index (χ1n) is 12.8. The lowest BCUT2D eigenvalue weighted by Gasteiger charge is -2.36. The Morgan fingerprint density at radius 3 is 2.30 bits per heavy atom. The van der Waals surface area contributed by atoms with E-state index in [0.717, 1.165) is 27.9 Å². The third kappa shape index (κ3) is 6.35. The van der Waals surface area contributed by atoms with Crippen LogP contribution in [0.1, 0.15) is 21.5 Å². The molecule has 2 aliphatic rings. The summed E-state index contributed by atoms with van der Waals surface area (Å²) < 4.78 is 6.29. The van der Waals surface area contributed by atoms with Gasteiger partial charge in [-0.3, -0.25) is 19.3 Å². The molecule has 0 aromatic heterocycles. The summed E-state index contributed by atoms with van der Waals surface area (Å²) >= 11 is 6.25. The number of benzene rings is 3. The fourth-order valence-corrected chi connectivity index (χ4v) is 5.82. The first kappa shape index (κ1) is 27.4. The summed E-state index contributed by atoms with van der Waals surface area (Å²) in [7, 11) is 0. The van der Waals surface area contributed by atoms with Gasteiger partial charge in [-0.1, -0.05) is 78.6 Å². The van der Waals surface area contributed by atoms with Crippen molar-refractivity contribution in [3.05, 3.63) is 100 Å². The van der Waals surface area contributed by atoms with Crippen LogP contribution in [0.5, 0.6) is 5.75 Å². The van der Waals surface area contributed by atoms with Crippen LogP contribution in [0.2, 0.25) is 0 Å². The minimum absolute atomic E-state index is 0.149. The highest BCUT2D eigenvalue weighted by atomic mass is 32.2. The standard InChI is InChI=1S/C30H27N3O5S2/c34-27(35)19-33-29(37)26(40-30(33)39)18-22-11-12-25(38-20-21-7-3-1-4-8-21)24(17-22)28(36)32-15-13-31(14-16-32)23-9-5-2-6-10-23/h1-12,17-18H,13-16,19-20H2,(H,34,35)/b26-18-. The molecule has 0 atom stereocenters. The number of thiocarbonyl (C=S) groups is 1. The Morgan fingerprint density at radius 1 is 0.950 bits per heavy atom. The largest absolute Gasteiger partial charge is 0.488 e. The summed E-state index contributed by atoms with van der Waals surface area (Å²) in [6, 6.07) is 25.1. The molecule has 0 unspecified atom stereocenters. The van der Waals surface area contributed by atoms with E-state index in [1.807, 2.05) is 53.4 Å². The maximum Gasteiger partial charge on any atom is 0.323 e. The number of carboxylic acids is 1. The maximum absolute atomic E-state index is 13.8. The maximum atomic E-state index is 13.8. The molecule has 0 aliphatic carbocycles. The Bertz CT molecular complexity index is 1450. The number of nitrogens with zero attached hydrogens (tertiary/aromatic N) is 3. The predicted octanol–water partition coefficient (Wildman–Crippen LogP) is 4.51. The van der Waals surface area contributed by atoms with Crippen molar-refractivity contribution in [1.29, 1.82) is 0 Å². The second-order valence-electron chi connectivity index (χ2n) is 9.31.